The molecule has 0 saturated carbocycles. The van der Waals surface area contributed by atoms with Crippen LogP contribution in [0.4, 0.5) is 5.82 Å². The molecule has 0 aromatic carbocycles. The lowest BCUT2D eigenvalue weighted by molar-refractivity contribution is 0.191. The van der Waals surface area contributed by atoms with Crippen LogP contribution in [0.15, 0.2) is 6.07 Å². The average molecular weight is 274 g/mol. The molecule has 0 saturated heterocycles. The zero-order valence-electron chi connectivity index (χ0n) is 11.1. The van der Waals surface area contributed by atoms with Gasteiger partial charge in [0.2, 0.25) is 0 Å². The van der Waals surface area contributed by atoms with Crippen LogP contribution in [-0.4, -0.2) is 50.5 Å². The number of hydrogen-bond donors (Lipinski definition) is 0. The van der Waals surface area contributed by atoms with Crippen LogP contribution in [0.5, 0.6) is 0 Å². The summed E-state index contributed by atoms with van der Waals surface area (Å²) in [6, 6.07) is 1.77. The third-order valence-electron chi connectivity index (χ3n) is 2.46. The highest BCUT2D eigenvalue weighted by Crippen LogP contribution is 2.16. The smallest absolute Gasteiger partial charge is 0.134 e. The van der Waals surface area contributed by atoms with Crippen LogP contribution >= 0.6 is 11.6 Å². The number of aromatic nitrogens is 2. The van der Waals surface area contributed by atoms with Gasteiger partial charge in [0.05, 0.1) is 6.61 Å². The van der Waals surface area contributed by atoms with Crippen molar-refractivity contribution in [3.05, 3.63) is 17.0 Å². The number of hydrogen-bond acceptors (Lipinski definition) is 5. The Morgan fingerprint density at radius 3 is 2.50 bits per heavy atom. The third kappa shape index (κ3) is 5.16. The van der Waals surface area contributed by atoms with Crippen LogP contribution in [0.1, 0.15) is 12.2 Å². The minimum Gasteiger partial charge on any atom is -0.385 e. The summed E-state index contributed by atoms with van der Waals surface area (Å²) in [6.45, 7) is 4.82. The van der Waals surface area contributed by atoms with E-state index in [-0.39, 0.29) is 0 Å². The first kappa shape index (κ1) is 15.1. The van der Waals surface area contributed by atoms with Gasteiger partial charge in [0.25, 0.3) is 0 Å². The molecule has 0 aliphatic carbocycles. The van der Waals surface area contributed by atoms with Gasteiger partial charge < -0.3 is 14.4 Å². The van der Waals surface area contributed by atoms with Crippen molar-refractivity contribution in [3.63, 3.8) is 0 Å². The number of ether oxygens (including phenoxy) is 2. The fraction of sp³-hybridized carbons (Fsp3) is 0.667. The summed E-state index contributed by atoms with van der Waals surface area (Å²) in [6.07, 6.45) is 0.931. The number of methoxy groups -OCH3 is 2. The van der Waals surface area contributed by atoms with Crippen LogP contribution in [-0.2, 0) is 9.47 Å². The van der Waals surface area contributed by atoms with Gasteiger partial charge in [0.15, 0.2) is 0 Å². The number of anilines is 1. The molecule has 102 valence electrons. The van der Waals surface area contributed by atoms with Crippen LogP contribution in [0.2, 0.25) is 5.15 Å². The van der Waals surface area contributed by atoms with Crippen molar-refractivity contribution < 1.29 is 9.47 Å². The van der Waals surface area contributed by atoms with Gasteiger partial charge >= 0.3 is 0 Å². The quantitative estimate of drug-likeness (QED) is 0.535. The van der Waals surface area contributed by atoms with Crippen molar-refractivity contribution in [2.24, 2.45) is 0 Å². The molecule has 0 aliphatic rings. The fourth-order valence-corrected chi connectivity index (χ4v) is 1.84. The van der Waals surface area contributed by atoms with E-state index in [2.05, 4.69) is 14.9 Å². The highest BCUT2D eigenvalue weighted by Gasteiger charge is 2.09. The van der Waals surface area contributed by atoms with Gasteiger partial charge in [-0.05, 0) is 13.3 Å². The summed E-state index contributed by atoms with van der Waals surface area (Å²) in [4.78, 5) is 10.6. The first-order chi connectivity index (χ1) is 8.67. The van der Waals surface area contributed by atoms with Crippen LogP contribution in [0.25, 0.3) is 0 Å². The first-order valence-electron chi connectivity index (χ1n) is 5.91. The predicted molar refractivity (Wildman–Crippen MR) is 72.4 cm³/mol. The van der Waals surface area contributed by atoms with Gasteiger partial charge in [-0.15, -0.1) is 0 Å². The van der Waals surface area contributed by atoms with Gasteiger partial charge in [-0.3, -0.25) is 0 Å². The highest BCUT2D eigenvalue weighted by molar-refractivity contribution is 6.29. The molecule has 0 N–H and O–H groups in total. The summed E-state index contributed by atoms with van der Waals surface area (Å²) in [7, 11) is 3.39. The topological polar surface area (TPSA) is 47.5 Å². The van der Waals surface area contributed by atoms with Gasteiger partial charge in [-0.1, -0.05) is 11.6 Å². The Balaban J connectivity index is 2.72. The van der Waals surface area contributed by atoms with E-state index < -0.39 is 0 Å². The van der Waals surface area contributed by atoms with Crippen LogP contribution < -0.4 is 4.90 Å². The molecule has 0 bridgehead atoms. The standard InChI is InChI=1S/C12H20ClN3O2/c1-10-14-11(13)9-12(15-10)16(6-8-18-3)5-4-7-17-2/h9H,4-8H2,1-3H3. The van der Waals surface area contributed by atoms with Crippen molar-refractivity contribution in [2.75, 3.05) is 45.4 Å². The van der Waals surface area contributed by atoms with Crippen molar-refractivity contribution in [2.45, 2.75) is 13.3 Å². The lowest BCUT2D eigenvalue weighted by Crippen LogP contribution is -2.30. The highest BCUT2D eigenvalue weighted by atomic mass is 35.5. The zero-order chi connectivity index (χ0) is 13.4. The van der Waals surface area contributed by atoms with Crippen molar-refractivity contribution in [3.8, 4) is 0 Å². The van der Waals surface area contributed by atoms with E-state index in [0.29, 0.717) is 17.6 Å². The lowest BCUT2D eigenvalue weighted by Gasteiger charge is -2.23. The number of rotatable bonds is 8. The Morgan fingerprint density at radius 1 is 1.17 bits per heavy atom. The average Bonchev–Trinajstić information content (AvgIpc) is 2.32. The van der Waals surface area contributed by atoms with Crippen molar-refractivity contribution in [1.82, 2.24) is 9.97 Å². The Labute approximate surface area is 113 Å². The molecule has 0 unspecified atom stereocenters. The summed E-state index contributed by atoms with van der Waals surface area (Å²) >= 11 is 5.96. The normalized spacial score (nSPS) is 10.7. The molecule has 1 rings (SSSR count). The fourth-order valence-electron chi connectivity index (χ4n) is 1.62. The minimum absolute atomic E-state index is 0.464. The molecular formula is C12H20ClN3O2. The number of aryl methyl sites for hydroxylation is 1. The first-order valence-corrected chi connectivity index (χ1v) is 6.29. The van der Waals surface area contributed by atoms with E-state index in [4.69, 9.17) is 21.1 Å². The Kier molecular flexibility index (Phi) is 6.93. The Hall–Kier alpha value is -0.910. The monoisotopic (exact) mass is 273 g/mol. The number of halogens is 1. The Morgan fingerprint density at radius 2 is 1.89 bits per heavy atom. The van der Waals surface area contributed by atoms with E-state index in [1.807, 2.05) is 6.92 Å². The second-order valence-corrected chi connectivity index (χ2v) is 4.31. The summed E-state index contributed by atoms with van der Waals surface area (Å²) in [5.74, 6) is 1.51. The summed E-state index contributed by atoms with van der Waals surface area (Å²) in [5.41, 5.74) is 0. The van der Waals surface area contributed by atoms with E-state index >= 15 is 0 Å². The lowest BCUT2D eigenvalue weighted by atomic mass is 10.3. The van der Waals surface area contributed by atoms with Crippen LogP contribution in [0.3, 0.4) is 0 Å². The van der Waals surface area contributed by atoms with Crippen molar-refractivity contribution >= 4 is 17.4 Å². The summed E-state index contributed by atoms with van der Waals surface area (Å²) in [5, 5.41) is 0.464. The van der Waals surface area contributed by atoms with Crippen LogP contribution in [0, 0.1) is 6.92 Å². The minimum atomic E-state index is 0.464. The largest absolute Gasteiger partial charge is 0.385 e. The molecule has 5 nitrogen and oxygen atoms in total. The van der Waals surface area contributed by atoms with Gasteiger partial charge in [0.1, 0.15) is 16.8 Å². The molecule has 0 spiro atoms. The Bertz CT molecular complexity index is 343. The van der Waals surface area contributed by atoms with E-state index in [9.17, 15) is 0 Å². The number of nitrogens with zero attached hydrogens (tertiary/aromatic N) is 3. The maximum Gasteiger partial charge on any atom is 0.134 e. The second-order valence-electron chi connectivity index (χ2n) is 3.92. The van der Waals surface area contributed by atoms with Gasteiger partial charge in [0, 0.05) is 40.0 Å². The molecule has 1 heterocycles. The van der Waals surface area contributed by atoms with Crippen molar-refractivity contribution in [1.29, 1.82) is 0 Å². The molecule has 0 radical (unpaired) electrons. The maximum atomic E-state index is 5.96. The predicted octanol–water partition coefficient (Wildman–Crippen LogP) is 1.93. The maximum absolute atomic E-state index is 5.96. The van der Waals surface area contributed by atoms with E-state index in [1.165, 1.54) is 0 Å². The van der Waals surface area contributed by atoms with E-state index in [1.54, 1.807) is 20.3 Å². The summed E-state index contributed by atoms with van der Waals surface area (Å²) < 4.78 is 10.2. The third-order valence-corrected chi connectivity index (χ3v) is 2.65. The second kappa shape index (κ2) is 8.24. The van der Waals surface area contributed by atoms with Gasteiger partial charge in [-0.2, -0.15) is 0 Å². The SMILES string of the molecule is COCCCN(CCOC)c1cc(Cl)nc(C)n1. The molecule has 1 aromatic heterocycles. The van der Waals surface area contributed by atoms with Gasteiger partial charge in [-0.25, -0.2) is 9.97 Å². The molecule has 6 heteroatoms. The molecule has 0 fully saturated rings. The molecular weight excluding hydrogens is 254 g/mol. The molecule has 0 aliphatic heterocycles. The zero-order valence-corrected chi connectivity index (χ0v) is 11.9. The van der Waals surface area contributed by atoms with E-state index in [0.717, 1.165) is 31.9 Å². The molecule has 0 atom stereocenters. The molecule has 1 aromatic rings. The molecule has 18 heavy (non-hydrogen) atoms. The molecule has 0 amide bonds.